The summed E-state index contributed by atoms with van der Waals surface area (Å²) in [6.07, 6.45) is 0.410. The summed E-state index contributed by atoms with van der Waals surface area (Å²) in [5.74, 6) is 0.0362. The van der Waals surface area contributed by atoms with Gasteiger partial charge in [-0.3, -0.25) is 9.80 Å². The fourth-order valence-corrected chi connectivity index (χ4v) is 0.845. The van der Waals surface area contributed by atoms with E-state index in [1.807, 2.05) is 0 Å². The van der Waals surface area contributed by atoms with E-state index in [9.17, 15) is 4.79 Å². The van der Waals surface area contributed by atoms with Gasteiger partial charge in [-0.05, 0) is 0 Å². The van der Waals surface area contributed by atoms with Crippen molar-refractivity contribution in [2.24, 2.45) is 0 Å². The second-order valence-electron chi connectivity index (χ2n) is 2.17. The lowest BCUT2D eigenvalue weighted by atomic mass is 10.2. The van der Waals surface area contributed by atoms with Crippen LogP contribution in [0.3, 0.4) is 0 Å². The summed E-state index contributed by atoms with van der Waals surface area (Å²) in [4.78, 5) is 10.7. The third-order valence-electron chi connectivity index (χ3n) is 1.39. The number of nitrogens with zero attached hydrogens (tertiary/aromatic N) is 1. The molecule has 4 heteroatoms. The molecule has 0 aliphatic carbocycles. The lowest BCUT2D eigenvalue weighted by molar-refractivity contribution is -0.128. The van der Waals surface area contributed by atoms with Crippen LogP contribution in [-0.4, -0.2) is 35.7 Å². The molecule has 1 unspecified atom stereocenters. The Hall–Kier alpha value is -0.610. The molecule has 1 aliphatic rings. The van der Waals surface area contributed by atoms with Crippen molar-refractivity contribution in [3.63, 3.8) is 0 Å². The molecule has 0 bridgehead atoms. The van der Waals surface area contributed by atoms with E-state index in [-0.39, 0.29) is 18.6 Å². The molecule has 0 aromatic carbocycles. The van der Waals surface area contributed by atoms with Crippen LogP contribution >= 0.6 is 0 Å². The van der Waals surface area contributed by atoms with E-state index in [0.717, 1.165) is 0 Å². The van der Waals surface area contributed by atoms with Gasteiger partial charge in [-0.15, -0.1) is 0 Å². The lowest BCUT2D eigenvalue weighted by Gasteiger charge is -2.09. The molecule has 52 valence electrons. The van der Waals surface area contributed by atoms with Crippen molar-refractivity contribution in [2.45, 2.75) is 12.5 Å². The Morgan fingerprint density at radius 2 is 2.67 bits per heavy atom. The van der Waals surface area contributed by atoms with Crippen LogP contribution in [0.2, 0.25) is 0 Å². The van der Waals surface area contributed by atoms with Gasteiger partial charge in [0.15, 0.2) is 0 Å². The topological polar surface area (TPSA) is 52.6 Å². The third-order valence-corrected chi connectivity index (χ3v) is 1.39. The van der Waals surface area contributed by atoms with Crippen molar-refractivity contribution in [2.75, 3.05) is 13.7 Å². The van der Waals surface area contributed by atoms with Crippen molar-refractivity contribution in [3.8, 4) is 0 Å². The molecule has 0 radical (unpaired) electrons. The van der Waals surface area contributed by atoms with E-state index >= 15 is 0 Å². The van der Waals surface area contributed by atoms with E-state index in [1.165, 1.54) is 5.01 Å². The highest BCUT2D eigenvalue weighted by atomic mass is 16.3. The summed E-state index contributed by atoms with van der Waals surface area (Å²) in [7, 11) is 1.65. The van der Waals surface area contributed by atoms with Gasteiger partial charge in [-0.1, -0.05) is 0 Å². The number of hydrazine groups is 1. The number of rotatable bonds is 1. The van der Waals surface area contributed by atoms with Crippen LogP contribution in [-0.2, 0) is 4.79 Å². The van der Waals surface area contributed by atoms with Crippen molar-refractivity contribution < 1.29 is 9.90 Å². The molecule has 1 amide bonds. The SMILES string of the molecule is CN1NC(CO)CC1=O. The molecular formula is C5H10N2O2. The summed E-state index contributed by atoms with van der Waals surface area (Å²) in [6.45, 7) is 0.0239. The van der Waals surface area contributed by atoms with Crippen LogP contribution in [0, 0.1) is 0 Å². The molecule has 9 heavy (non-hydrogen) atoms. The minimum atomic E-state index is -0.0671. The first-order valence-corrected chi connectivity index (χ1v) is 2.87. The van der Waals surface area contributed by atoms with E-state index in [4.69, 9.17) is 5.11 Å². The van der Waals surface area contributed by atoms with Crippen LogP contribution in [0.15, 0.2) is 0 Å². The van der Waals surface area contributed by atoms with E-state index in [0.29, 0.717) is 6.42 Å². The van der Waals surface area contributed by atoms with Gasteiger partial charge < -0.3 is 5.11 Å². The molecule has 0 saturated carbocycles. The van der Waals surface area contributed by atoms with Crippen LogP contribution in [0.1, 0.15) is 6.42 Å². The lowest BCUT2D eigenvalue weighted by Crippen LogP contribution is -2.35. The predicted molar refractivity (Wildman–Crippen MR) is 31.4 cm³/mol. The van der Waals surface area contributed by atoms with Gasteiger partial charge in [-0.25, -0.2) is 5.43 Å². The zero-order chi connectivity index (χ0) is 6.85. The highest BCUT2D eigenvalue weighted by molar-refractivity contribution is 5.77. The highest BCUT2D eigenvalue weighted by Gasteiger charge is 2.24. The first-order valence-electron chi connectivity index (χ1n) is 2.87. The molecule has 0 spiro atoms. The van der Waals surface area contributed by atoms with Gasteiger partial charge in [-0.2, -0.15) is 0 Å². The third kappa shape index (κ3) is 1.20. The van der Waals surface area contributed by atoms with Gasteiger partial charge in [0.1, 0.15) is 0 Å². The molecule has 1 fully saturated rings. The van der Waals surface area contributed by atoms with E-state index in [2.05, 4.69) is 5.43 Å². The smallest absolute Gasteiger partial charge is 0.238 e. The molecule has 1 atom stereocenters. The summed E-state index contributed by atoms with van der Waals surface area (Å²) in [6, 6.07) is -0.0671. The number of hydrogen-bond donors (Lipinski definition) is 2. The minimum absolute atomic E-state index is 0.0239. The Labute approximate surface area is 53.4 Å². The molecule has 0 aromatic rings. The van der Waals surface area contributed by atoms with Crippen molar-refractivity contribution >= 4 is 5.91 Å². The highest BCUT2D eigenvalue weighted by Crippen LogP contribution is 2.02. The van der Waals surface area contributed by atoms with Gasteiger partial charge in [0.25, 0.3) is 0 Å². The maximum Gasteiger partial charge on any atom is 0.238 e. The normalized spacial score (nSPS) is 27.6. The van der Waals surface area contributed by atoms with E-state index in [1.54, 1.807) is 7.05 Å². The second kappa shape index (κ2) is 2.33. The van der Waals surface area contributed by atoms with Gasteiger partial charge >= 0.3 is 0 Å². The predicted octanol–water partition coefficient (Wildman–Crippen LogP) is -1.29. The molecule has 1 aliphatic heterocycles. The van der Waals surface area contributed by atoms with Crippen molar-refractivity contribution in [1.29, 1.82) is 0 Å². The van der Waals surface area contributed by atoms with Gasteiger partial charge in [0, 0.05) is 13.5 Å². The van der Waals surface area contributed by atoms with Crippen LogP contribution in [0.25, 0.3) is 0 Å². The number of aliphatic hydroxyl groups is 1. The maximum atomic E-state index is 10.7. The Morgan fingerprint density at radius 1 is 2.00 bits per heavy atom. The van der Waals surface area contributed by atoms with Crippen LogP contribution < -0.4 is 5.43 Å². The Morgan fingerprint density at radius 3 is 2.89 bits per heavy atom. The zero-order valence-corrected chi connectivity index (χ0v) is 5.29. The number of hydrogen-bond acceptors (Lipinski definition) is 3. The van der Waals surface area contributed by atoms with Crippen LogP contribution in [0.4, 0.5) is 0 Å². The fraction of sp³-hybridized carbons (Fsp3) is 0.800. The number of nitrogens with one attached hydrogen (secondary N) is 1. The molecule has 0 aromatic heterocycles. The summed E-state index contributed by atoms with van der Waals surface area (Å²) in [5.41, 5.74) is 2.79. The van der Waals surface area contributed by atoms with Gasteiger partial charge in [0.05, 0.1) is 12.6 Å². The minimum Gasteiger partial charge on any atom is -0.395 e. The summed E-state index contributed by atoms with van der Waals surface area (Å²) in [5, 5.41) is 9.96. The first kappa shape index (κ1) is 6.51. The quantitative estimate of drug-likeness (QED) is 0.464. The monoisotopic (exact) mass is 130 g/mol. The standard InChI is InChI=1S/C5H10N2O2/c1-7-5(9)2-4(3-8)6-7/h4,6,8H,2-3H2,1H3. The van der Waals surface area contributed by atoms with Crippen molar-refractivity contribution in [3.05, 3.63) is 0 Å². The molecule has 1 rings (SSSR count). The molecule has 2 N–H and O–H groups in total. The number of carbonyl (C=O) groups is 1. The summed E-state index contributed by atoms with van der Waals surface area (Å²) < 4.78 is 0. The second-order valence-corrected chi connectivity index (χ2v) is 2.17. The number of amides is 1. The molecule has 1 saturated heterocycles. The molecule has 4 nitrogen and oxygen atoms in total. The largest absolute Gasteiger partial charge is 0.395 e. The van der Waals surface area contributed by atoms with Gasteiger partial charge in [0.2, 0.25) is 5.91 Å². The summed E-state index contributed by atoms with van der Waals surface area (Å²) >= 11 is 0. The maximum absolute atomic E-state index is 10.7. The van der Waals surface area contributed by atoms with Crippen molar-refractivity contribution in [1.82, 2.24) is 10.4 Å². The van der Waals surface area contributed by atoms with E-state index < -0.39 is 0 Å². The average molecular weight is 130 g/mol. The van der Waals surface area contributed by atoms with Crippen LogP contribution in [0.5, 0.6) is 0 Å². The Balaban J connectivity index is 2.44. The Kier molecular flexibility index (Phi) is 1.68. The fourth-order valence-electron chi connectivity index (χ4n) is 0.845. The number of aliphatic hydroxyl groups excluding tert-OH is 1. The number of carbonyl (C=O) groups excluding carboxylic acids is 1. The molecule has 1 heterocycles. The Bertz CT molecular complexity index is 126. The average Bonchev–Trinajstić information content (AvgIpc) is 2.13. The zero-order valence-electron chi connectivity index (χ0n) is 5.29. The molecular weight excluding hydrogens is 120 g/mol. The first-order chi connectivity index (χ1) is 4.24.